The minimum absolute atomic E-state index is 0.482. The lowest BCUT2D eigenvalue weighted by Crippen LogP contribution is -2.09. The fourth-order valence-corrected chi connectivity index (χ4v) is 3.71. The third-order valence-electron chi connectivity index (χ3n) is 5.69. The van der Waals surface area contributed by atoms with E-state index in [1.165, 1.54) is 109 Å². The van der Waals surface area contributed by atoms with Crippen LogP contribution in [0.15, 0.2) is 0 Å². The molecule has 0 heterocycles. The molecule has 3 heteroatoms. The third-order valence-corrected chi connectivity index (χ3v) is 5.69. The van der Waals surface area contributed by atoms with Crippen molar-refractivity contribution in [2.24, 2.45) is 0 Å². The minimum Gasteiger partial charge on any atom is -0.434 e. The molecule has 0 aliphatic rings. The van der Waals surface area contributed by atoms with Crippen LogP contribution in [-0.2, 0) is 9.47 Å². The lowest BCUT2D eigenvalue weighted by molar-refractivity contribution is 0.0529. The maximum absolute atomic E-state index is 11.5. The van der Waals surface area contributed by atoms with E-state index >= 15 is 0 Å². The molecule has 0 saturated carbocycles. The fourth-order valence-electron chi connectivity index (χ4n) is 3.71. The molecular weight excluding hydrogens is 360 g/mol. The van der Waals surface area contributed by atoms with Crippen LogP contribution >= 0.6 is 0 Å². The second-order valence-corrected chi connectivity index (χ2v) is 8.66. The van der Waals surface area contributed by atoms with E-state index in [0.29, 0.717) is 13.2 Å². The van der Waals surface area contributed by atoms with Crippen LogP contribution in [0.25, 0.3) is 0 Å². The van der Waals surface area contributed by atoms with Gasteiger partial charge in [0.15, 0.2) is 0 Å². The Balaban J connectivity index is 3.11. The second kappa shape index (κ2) is 25.3. The summed E-state index contributed by atoms with van der Waals surface area (Å²) in [7, 11) is 0. The molecule has 0 unspecified atom stereocenters. The van der Waals surface area contributed by atoms with Gasteiger partial charge in [-0.1, -0.05) is 136 Å². The number of hydrogen-bond acceptors (Lipinski definition) is 3. The summed E-state index contributed by atoms with van der Waals surface area (Å²) < 4.78 is 10.3. The number of carbonyl (C=O) groups is 1. The van der Waals surface area contributed by atoms with Gasteiger partial charge in [-0.25, -0.2) is 4.79 Å². The highest BCUT2D eigenvalue weighted by Gasteiger charge is 2.03. The first-order valence-electron chi connectivity index (χ1n) is 13.1. The molecule has 0 radical (unpaired) electrons. The van der Waals surface area contributed by atoms with Crippen molar-refractivity contribution in [2.45, 2.75) is 149 Å². The predicted molar refractivity (Wildman–Crippen MR) is 126 cm³/mol. The van der Waals surface area contributed by atoms with Gasteiger partial charge in [0.25, 0.3) is 0 Å². The monoisotopic (exact) mass is 412 g/mol. The van der Waals surface area contributed by atoms with Crippen LogP contribution < -0.4 is 0 Å². The van der Waals surface area contributed by atoms with E-state index in [-0.39, 0.29) is 0 Å². The number of rotatable bonds is 23. The smallest absolute Gasteiger partial charge is 0.434 e. The average Bonchev–Trinajstić information content (AvgIpc) is 2.72. The average molecular weight is 413 g/mol. The van der Waals surface area contributed by atoms with Crippen LogP contribution in [0.4, 0.5) is 4.79 Å². The molecule has 0 aromatic rings. The predicted octanol–water partition coefficient (Wildman–Crippen LogP) is 9.37. The zero-order chi connectivity index (χ0) is 21.3. The summed E-state index contributed by atoms with van der Waals surface area (Å²) in [4.78, 5) is 11.5. The van der Waals surface area contributed by atoms with E-state index in [0.717, 1.165) is 25.7 Å². The van der Waals surface area contributed by atoms with Gasteiger partial charge in [0, 0.05) is 0 Å². The van der Waals surface area contributed by atoms with Gasteiger partial charge >= 0.3 is 6.16 Å². The first-order chi connectivity index (χ1) is 14.3. The van der Waals surface area contributed by atoms with Crippen molar-refractivity contribution in [3.8, 4) is 0 Å². The zero-order valence-corrected chi connectivity index (χ0v) is 20.0. The maximum atomic E-state index is 11.5. The molecule has 0 amide bonds. The lowest BCUT2D eigenvalue weighted by Gasteiger charge is -2.06. The quantitative estimate of drug-likeness (QED) is 0.124. The lowest BCUT2D eigenvalue weighted by atomic mass is 10.0. The van der Waals surface area contributed by atoms with E-state index in [1.807, 2.05) is 0 Å². The van der Waals surface area contributed by atoms with Crippen molar-refractivity contribution in [1.29, 1.82) is 0 Å². The van der Waals surface area contributed by atoms with Crippen molar-refractivity contribution < 1.29 is 14.3 Å². The number of carbonyl (C=O) groups excluding carboxylic acids is 1. The second-order valence-electron chi connectivity index (χ2n) is 8.66. The van der Waals surface area contributed by atoms with E-state index < -0.39 is 6.16 Å². The van der Waals surface area contributed by atoms with E-state index in [1.54, 1.807) is 0 Å². The van der Waals surface area contributed by atoms with Crippen LogP contribution in [0.3, 0.4) is 0 Å². The maximum Gasteiger partial charge on any atom is 0.508 e. The van der Waals surface area contributed by atoms with Crippen LogP contribution in [0.1, 0.15) is 149 Å². The largest absolute Gasteiger partial charge is 0.508 e. The summed E-state index contributed by atoms with van der Waals surface area (Å²) in [5.74, 6) is 0. The Kier molecular flexibility index (Phi) is 24.7. The van der Waals surface area contributed by atoms with Crippen molar-refractivity contribution in [3.63, 3.8) is 0 Å². The summed E-state index contributed by atoms with van der Waals surface area (Å²) in [5.41, 5.74) is 0. The topological polar surface area (TPSA) is 35.5 Å². The molecule has 0 rings (SSSR count). The zero-order valence-electron chi connectivity index (χ0n) is 20.0. The fraction of sp³-hybridized carbons (Fsp3) is 0.962. The van der Waals surface area contributed by atoms with Crippen LogP contribution in [-0.4, -0.2) is 19.4 Å². The van der Waals surface area contributed by atoms with E-state index in [2.05, 4.69) is 13.8 Å². The van der Waals surface area contributed by atoms with Crippen LogP contribution in [0, 0.1) is 0 Å². The molecule has 0 saturated heterocycles. The van der Waals surface area contributed by atoms with Crippen molar-refractivity contribution in [2.75, 3.05) is 13.2 Å². The van der Waals surface area contributed by atoms with Gasteiger partial charge in [0.1, 0.15) is 0 Å². The summed E-state index contributed by atoms with van der Waals surface area (Å²) >= 11 is 0. The molecule has 3 nitrogen and oxygen atoms in total. The van der Waals surface area contributed by atoms with Gasteiger partial charge in [0.2, 0.25) is 0 Å². The molecule has 0 aliphatic carbocycles. The number of ether oxygens (including phenoxy) is 2. The number of hydrogen-bond donors (Lipinski definition) is 0. The van der Waals surface area contributed by atoms with Crippen molar-refractivity contribution >= 4 is 6.16 Å². The van der Waals surface area contributed by atoms with Gasteiger partial charge in [-0.05, 0) is 12.8 Å². The number of unbranched alkanes of at least 4 members (excludes halogenated alkanes) is 19. The highest BCUT2D eigenvalue weighted by molar-refractivity contribution is 5.59. The molecule has 0 aromatic carbocycles. The van der Waals surface area contributed by atoms with Crippen LogP contribution in [0.2, 0.25) is 0 Å². The van der Waals surface area contributed by atoms with Gasteiger partial charge < -0.3 is 9.47 Å². The molecule has 174 valence electrons. The van der Waals surface area contributed by atoms with Crippen molar-refractivity contribution in [1.82, 2.24) is 0 Å². The van der Waals surface area contributed by atoms with E-state index in [9.17, 15) is 4.79 Å². The molecule has 0 aromatic heterocycles. The van der Waals surface area contributed by atoms with Crippen molar-refractivity contribution in [3.05, 3.63) is 0 Å². The normalized spacial score (nSPS) is 11.0. The Morgan fingerprint density at radius 2 is 0.655 bits per heavy atom. The summed E-state index contributed by atoms with van der Waals surface area (Å²) in [5, 5.41) is 0. The molecule has 0 bridgehead atoms. The highest BCUT2D eigenvalue weighted by Crippen LogP contribution is 2.13. The molecule has 0 aliphatic heterocycles. The van der Waals surface area contributed by atoms with Gasteiger partial charge in [-0.15, -0.1) is 0 Å². The first-order valence-corrected chi connectivity index (χ1v) is 13.1. The Labute approximate surface area is 182 Å². The van der Waals surface area contributed by atoms with Gasteiger partial charge in [-0.2, -0.15) is 0 Å². The molecule has 0 N–H and O–H groups in total. The third kappa shape index (κ3) is 25.2. The van der Waals surface area contributed by atoms with Gasteiger partial charge in [0.05, 0.1) is 13.2 Å². The standard InChI is InChI=1S/C26H52O3/c1-3-5-7-9-11-12-13-14-15-16-17-18-19-21-23-25-29-26(27)28-24-22-20-10-8-6-4-2/h3-25H2,1-2H3. The minimum atomic E-state index is -0.482. The molecule has 0 fully saturated rings. The van der Waals surface area contributed by atoms with E-state index in [4.69, 9.17) is 9.47 Å². The molecule has 29 heavy (non-hydrogen) atoms. The Hall–Kier alpha value is -0.730. The molecule has 0 atom stereocenters. The summed E-state index contributed by atoms with van der Waals surface area (Å²) in [6.07, 6.45) is 26.9. The Morgan fingerprint density at radius 3 is 0.931 bits per heavy atom. The molecular formula is C26H52O3. The van der Waals surface area contributed by atoms with Gasteiger partial charge in [-0.3, -0.25) is 0 Å². The SMILES string of the molecule is CCCCCCCCCCCCCCCCCOC(=O)OCCCCCCCC. The Bertz CT molecular complexity index is 317. The van der Waals surface area contributed by atoms with Crippen LogP contribution in [0.5, 0.6) is 0 Å². The first kappa shape index (κ1) is 28.3. The highest BCUT2D eigenvalue weighted by atomic mass is 16.7. The summed E-state index contributed by atoms with van der Waals surface area (Å²) in [6, 6.07) is 0. The molecule has 0 spiro atoms. The Morgan fingerprint density at radius 1 is 0.414 bits per heavy atom. The summed E-state index contributed by atoms with van der Waals surface area (Å²) in [6.45, 7) is 5.51.